The molecule has 2 rings (SSSR count). The first kappa shape index (κ1) is 14.1. The molecule has 0 aromatic heterocycles. The van der Waals surface area contributed by atoms with Crippen LogP contribution in [0.25, 0.3) is 0 Å². The summed E-state index contributed by atoms with van der Waals surface area (Å²) >= 11 is 0. The van der Waals surface area contributed by atoms with Crippen LogP contribution in [0, 0.1) is 6.92 Å². The highest BCUT2D eigenvalue weighted by Crippen LogP contribution is 2.21. The van der Waals surface area contributed by atoms with Crippen LogP contribution in [0.1, 0.15) is 22.8 Å². The van der Waals surface area contributed by atoms with Crippen LogP contribution in [-0.4, -0.2) is 19.6 Å². The van der Waals surface area contributed by atoms with Gasteiger partial charge in [-0.2, -0.15) is 0 Å². The third-order valence-corrected chi connectivity index (χ3v) is 3.22. The lowest BCUT2D eigenvalue weighted by molar-refractivity contribution is 0.0992. The number of nitrogens with zero attached hydrogens (tertiary/aromatic N) is 1. The molecule has 0 saturated carbocycles. The van der Waals surface area contributed by atoms with Gasteiger partial charge in [-0.25, -0.2) is 0 Å². The van der Waals surface area contributed by atoms with Crippen LogP contribution < -0.4 is 9.64 Å². The monoisotopic (exact) mass is 269 g/mol. The van der Waals surface area contributed by atoms with Gasteiger partial charge in [-0.3, -0.25) is 4.79 Å². The van der Waals surface area contributed by atoms with Gasteiger partial charge in [-0.15, -0.1) is 0 Å². The quantitative estimate of drug-likeness (QED) is 0.847. The van der Waals surface area contributed by atoms with E-state index in [-0.39, 0.29) is 5.91 Å². The van der Waals surface area contributed by atoms with Gasteiger partial charge < -0.3 is 9.64 Å². The molecular formula is C17H19NO2. The zero-order chi connectivity index (χ0) is 14.5. The van der Waals surface area contributed by atoms with E-state index in [1.165, 1.54) is 0 Å². The number of anilines is 1. The number of hydrogen-bond acceptors (Lipinski definition) is 2. The van der Waals surface area contributed by atoms with E-state index in [0.717, 1.165) is 22.6 Å². The Morgan fingerprint density at radius 2 is 1.75 bits per heavy atom. The Bertz CT molecular complexity index is 590. The molecule has 0 aliphatic heterocycles. The van der Waals surface area contributed by atoms with Crippen molar-refractivity contribution >= 4 is 11.6 Å². The predicted molar refractivity (Wildman–Crippen MR) is 81.5 cm³/mol. The van der Waals surface area contributed by atoms with Gasteiger partial charge in [0.05, 0.1) is 6.61 Å². The Morgan fingerprint density at radius 3 is 2.35 bits per heavy atom. The molecule has 20 heavy (non-hydrogen) atoms. The Morgan fingerprint density at radius 1 is 1.10 bits per heavy atom. The first-order valence-corrected chi connectivity index (χ1v) is 6.70. The summed E-state index contributed by atoms with van der Waals surface area (Å²) in [5.41, 5.74) is 2.56. The van der Waals surface area contributed by atoms with Crippen LogP contribution in [0.5, 0.6) is 5.75 Å². The van der Waals surface area contributed by atoms with Crippen LogP contribution in [0.2, 0.25) is 0 Å². The van der Waals surface area contributed by atoms with Crippen molar-refractivity contribution in [1.82, 2.24) is 0 Å². The molecule has 0 fully saturated rings. The number of amides is 1. The first-order chi connectivity index (χ1) is 9.63. The maximum absolute atomic E-state index is 12.5. The molecule has 2 aromatic carbocycles. The smallest absolute Gasteiger partial charge is 0.258 e. The number of carbonyl (C=O) groups is 1. The van der Waals surface area contributed by atoms with E-state index in [4.69, 9.17) is 4.74 Å². The summed E-state index contributed by atoms with van der Waals surface area (Å²) in [4.78, 5) is 14.1. The summed E-state index contributed by atoms with van der Waals surface area (Å²) in [6, 6.07) is 15.1. The highest BCUT2D eigenvalue weighted by Gasteiger charge is 2.15. The van der Waals surface area contributed by atoms with E-state index >= 15 is 0 Å². The second kappa shape index (κ2) is 6.24. The van der Waals surface area contributed by atoms with Crippen molar-refractivity contribution in [3.05, 3.63) is 59.7 Å². The molecule has 1 amide bonds. The van der Waals surface area contributed by atoms with Crippen molar-refractivity contribution < 1.29 is 9.53 Å². The summed E-state index contributed by atoms with van der Waals surface area (Å²) < 4.78 is 5.40. The van der Waals surface area contributed by atoms with Gasteiger partial charge in [0, 0.05) is 18.3 Å². The maximum atomic E-state index is 12.5. The molecule has 0 unspecified atom stereocenters. The molecule has 0 bridgehead atoms. The van der Waals surface area contributed by atoms with Gasteiger partial charge in [0.2, 0.25) is 0 Å². The molecule has 3 nitrogen and oxygen atoms in total. The summed E-state index contributed by atoms with van der Waals surface area (Å²) in [7, 11) is 1.78. The molecular weight excluding hydrogens is 250 g/mol. The van der Waals surface area contributed by atoms with E-state index in [1.54, 1.807) is 11.9 Å². The lowest BCUT2D eigenvalue weighted by atomic mass is 10.1. The Balaban J connectivity index is 2.20. The maximum Gasteiger partial charge on any atom is 0.258 e. The van der Waals surface area contributed by atoms with Crippen molar-refractivity contribution in [3.63, 3.8) is 0 Å². The summed E-state index contributed by atoms with van der Waals surface area (Å²) in [6.45, 7) is 4.53. The molecule has 0 N–H and O–H groups in total. The average Bonchev–Trinajstić information content (AvgIpc) is 2.47. The van der Waals surface area contributed by atoms with Gasteiger partial charge in [0.25, 0.3) is 5.91 Å². The number of ether oxygens (including phenoxy) is 1. The molecule has 0 radical (unpaired) electrons. The highest BCUT2D eigenvalue weighted by atomic mass is 16.5. The highest BCUT2D eigenvalue weighted by molar-refractivity contribution is 6.06. The SMILES string of the molecule is CCOc1ccc(N(C)C(=O)c2ccccc2C)cc1. The molecule has 0 atom stereocenters. The van der Waals surface area contributed by atoms with Gasteiger partial charge >= 0.3 is 0 Å². The second-order valence-corrected chi connectivity index (χ2v) is 4.61. The van der Waals surface area contributed by atoms with E-state index < -0.39 is 0 Å². The van der Waals surface area contributed by atoms with Crippen LogP contribution >= 0.6 is 0 Å². The number of carbonyl (C=O) groups excluding carboxylic acids is 1. The lowest BCUT2D eigenvalue weighted by Crippen LogP contribution is -2.26. The van der Waals surface area contributed by atoms with Crippen molar-refractivity contribution in [2.75, 3.05) is 18.6 Å². The minimum atomic E-state index is -0.00717. The lowest BCUT2D eigenvalue weighted by Gasteiger charge is -2.18. The Kier molecular flexibility index (Phi) is 4.41. The fraction of sp³-hybridized carbons (Fsp3) is 0.235. The van der Waals surface area contributed by atoms with Crippen LogP contribution in [0.4, 0.5) is 5.69 Å². The Hall–Kier alpha value is -2.29. The van der Waals surface area contributed by atoms with E-state index in [0.29, 0.717) is 6.61 Å². The zero-order valence-corrected chi connectivity index (χ0v) is 12.1. The van der Waals surface area contributed by atoms with E-state index in [1.807, 2.05) is 62.4 Å². The number of benzene rings is 2. The summed E-state index contributed by atoms with van der Waals surface area (Å²) in [5.74, 6) is 0.806. The number of hydrogen-bond donors (Lipinski definition) is 0. The minimum absolute atomic E-state index is 0.00717. The normalized spacial score (nSPS) is 10.2. The number of rotatable bonds is 4. The average molecular weight is 269 g/mol. The standard InChI is InChI=1S/C17H19NO2/c1-4-20-15-11-9-14(10-12-15)18(3)17(19)16-8-6-5-7-13(16)2/h5-12H,4H2,1-3H3. The largest absolute Gasteiger partial charge is 0.494 e. The van der Waals surface area contributed by atoms with Crippen molar-refractivity contribution in [3.8, 4) is 5.75 Å². The van der Waals surface area contributed by atoms with Crippen molar-refractivity contribution in [2.45, 2.75) is 13.8 Å². The molecule has 0 saturated heterocycles. The fourth-order valence-corrected chi connectivity index (χ4v) is 2.04. The molecule has 2 aromatic rings. The van der Waals surface area contributed by atoms with Gasteiger partial charge in [0.15, 0.2) is 0 Å². The first-order valence-electron chi connectivity index (χ1n) is 6.70. The molecule has 0 spiro atoms. The van der Waals surface area contributed by atoms with Gasteiger partial charge in [-0.1, -0.05) is 18.2 Å². The van der Waals surface area contributed by atoms with E-state index in [9.17, 15) is 4.79 Å². The predicted octanol–water partition coefficient (Wildman–Crippen LogP) is 3.67. The third kappa shape index (κ3) is 2.99. The topological polar surface area (TPSA) is 29.5 Å². The van der Waals surface area contributed by atoms with Gasteiger partial charge in [-0.05, 0) is 49.7 Å². The zero-order valence-electron chi connectivity index (χ0n) is 12.1. The Labute approximate surface area is 119 Å². The second-order valence-electron chi connectivity index (χ2n) is 4.61. The molecule has 0 aliphatic carbocycles. The minimum Gasteiger partial charge on any atom is -0.494 e. The van der Waals surface area contributed by atoms with Crippen LogP contribution in [0.3, 0.4) is 0 Å². The fourth-order valence-electron chi connectivity index (χ4n) is 2.04. The van der Waals surface area contributed by atoms with E-state index in [2.05, 4.69) is 0 Å². The van der Waals surface area contributed by atoms with Crippen LogP contribution in [0.15, 0.2) is 48.5 Å². The molecule has 0 aliphatic rings. The molecule has 3 heteroatoms. The third-order valence-electron chi connectivity index (χ3n) is 3.22. The summed E-state index contributed by atoms with van der Waals surface area (Å²) in [6.07, 6.45) is 0. The molecule has 0 heterocycles. The molecule has 104 valence electrons. The van der Waals surface area contributed by atoms with Crippen molar-refractivity contribution in [2.24, 2.45) is 0 Å². The van der Waals surface area contributed by atoms with Gasteiger partial charge in [0.1, 0.15) is 5.75 Å². The summed E-state index contributed by atoms with van der Waals surface area (Å²) in [5, 5.41) is 0. The number of aryl methyl sites for hydroxylation is 1. The van der Waals surface area contributed by atoms with Crippen LogP contribution in [-0.2, 0) is 0 Å². The van der Waals surface area contributed by atoms with Crippen molar-refractivity contribution in [1.29, 1.82) is 0 Å².